The van der Waals surface area contributed by atoms with Crippen molar-refractivity contribution in [3.63, 3.8) is 0 Å². The van der Waals surface area contributed by atoms with Gasteiger partial charge in [-0.25, -0.2) is 4.39 Å². The summed E-state index contributed by atoms with van der Waals surface area (Å²) >= 11 is 0. The number of nitrogens with zero attached hydrogens (tertiary/aromatic N) is 3. The Morgan fingerprint density at radius 3 is 2.31 bits per heavy atom. The van der Waals surface area contributed by atoms with Crippen LogP contribution < -0.4 is 0 Å². The number of hydrogen-bond acceptors (Lipinski definition) is 4. The van der Waals surface area contributed by atoms with Crippen molar-refractivity contribution in [3.05, 3.63) is 59.7 Å². The summed E-state index contributed by atoms with van der Waals surface area (Å²) in [5.41, 5.74) is 1.16. The first-order valence-electron chi connectivity index (χ1n) is 9.37. The molecule has 0 saturated carbocycles. The molecule has 2 aromatic rings. The van der Waals surface area contributed by atoms with E-state index < -0.39 is 11.7 Å². The molecule has 1 aromatic carbocycles. The lowest BCUT2D eigenvalue weighted by Gasteiger charge is -2.28. The highest BCUT2D eigenvalue weighted by Crippen LogP contribution is 2.10. The predicted octanol–water partition coefficient (Wildman–Crippen LogP) is 1.93. The van der Waals surface area contributed by atoms with E-state index in [0.717, 1.165) is 5.69 Å². The largest absolute Gasteiger partial charge is 0.383 e. The van der Waals surface area contributed by atoms with Gasteiger partial charge in [-0.15, -0.1) is 0 Å². The second-order valence-corrected chi connectivity index (χ2v) is 6.65. The molecule has 0 aliphatic rings. The van der Waals surface area contributed by atoms with Crippen molar-refractivity contribution in [1.82, 2.24) is 14.4 Å². The second-order valence-electron chi connectivity index (χ2n) is 6.65. The number of aryl methyl sites for hydroxylation is 1. The summed E-state index contributed by atoms with van der Waals surface area (Å²) in [4.78, 5) is 28.9. The highest BCUT2D eigenvalue weighted by molar-refractivity contribution is 5.96. The van der Waals surface area contributed by atoms with Crippen LogP contribution in [0.15, 0.2) is 42.6 Å². The first-order valence-corrected chi connectivity index (χ1v) is 9.37. The summed E-state index contributed by atoms with van der Waals surface area (Å²) in [6.45, 7) is 1.54. The third-order valence-electron chi connectivity index (χ3n) is 4.57. The molecule has 0 fully saturated rings. The summed E-state index contributed by atoms with van der Waals surface area (Å²) in [6, 6.07) is 9.29. The number of methoxy groups -OCH3 is 2. The van der Waals surface area contributed by atoms with Crippen LogP contribution in [0.4, 0.5) is 4.39 Å². The number of halogens is 1. The summed E-state index contributed by atoms with van der Waals surface area (Å²) in [5, 5.41) is 0. The molecule has 0 unspecified atom stereocenters. The highest BCUT2D eigenvalue weighted by atomic mass is 19.1. The van der Waals surface area contributed by atoms with Crippen LogP contribution in [0, 0.1) is 5.82 Å². The number of carbonyl (C=O) groups is 2. The van der Waals surface area contributed by atoms with Gasteiger partial charge in [0.2, 0.25) is 5.91 Å². The Morgan fingerprint density at radius 2 is 1.72 bits per heavy atom. The maximum absolute atomic E-state index is 13.5. The van der Waals surface area contributed by atoms with Gasteiger partial charge in [0, 0.05) is 51.8 Å². The third kappa shape index (κ3) is 6.69. The zero-order valence-corrected chi connectivity index (χ0v) is 17.1. The first-order chi connectivity index (χ1) is 14.0. The van der Waals surface area contributed by atoms with Gasteiger partial charge in [-0.05, 0) is 30.3 Å². The van der Waals surface area contributed by atoms with Gasteiger partial charge in [0.05, 0.1) is 19.8 Å². The highest BCUT2D eigenvalue weighted by Gasteiger charge is 2.23. The van der Waals surface area contributed by atoms with E-state index in [2.05, 4.69) is 0 Å². The van der Waals surface area contributed by atoms with Crippen LogP contribution in [0.25, 0.3) is 0 Å². The van der Waals surface area contributed by atoms with E-state index in [1.165, 1.54) is 36.3 Å². The fourth-order valence-electron chi connectivity index (χ4n) is 2.87. The molecule has 2 amide bonds. The molecule has 8 heteroatoms. The van der Waals surface area contributed by atoms with Crippen molar-refractivity contribution in [2.75, 3.05) is 47.1 Å². The second kappa shape index (κ2) is 11.3. The van der Waals surface area contributed by atoms with Crippen molar-refractivity contribution in [2.45, 2.75) is 6.54 Å². The normalized spacial score (nSPS) is 10.8. The monoisotopic (exact) mass is 405 g/mol. The van der Waals surface area contributed by atoms with Gasteiger partial charge in [0.25, 0.3) is 5.91 Å². The quantitative estimate of drug-likeness (QED) is 0.573. The van der Waals surface area contributed by atoms with Crippen LogP contribution in [0.1, 0.15) is 16.1 Å². The van der Waals surface area contributed by atoms with E-state index in [4.69, 9.17) is 9.47 Å². The summed E-state index contributed by atoms with van der Waals surface area (Å²) in [7, 11) is 5.00. The van der Waals surface area contributed by atoms with Crippen molar-refractivity contribution in [1.29, 1.82) is 0 Å². The third-order valence-corrected chi connectivity index (χ3v) is 4.57. The van der Waals surface area contributed by atoms with Crippen molar-refractivity contribution < 1.29 is 23.5 Å². The maximum Gasteiger partial charge on any atom is 0.254 e. The summed E-state index contributed by atoms with van der Waals surface area (Å²) in [6.07, 6.45) is 1.91. The molecule has 0 saturated heterocycles. The Morgan fingerprint density at radius 1 is 1.03 bits per heavy atom. The van der Waals surface area contributed by atoms with Gasteiger partial charge < -0.3 is 23.8 Å². The average Bonchev–Trinajstić information content (AvgIpc) is 3.12. The molecular weight excluding hydrogens is 377 g/mol. The van der Waals surface area contributed by atoms with Gasteiger partial charge >= 0.3 is 0 Å². The zero-order chi connectivity index (χ0) is 21.2. The number of amides is 2. The van der Waals surface area contributed by atoms with E-state index in [1.54, 1.807) is 12.0 Å². The maximum atomic E-state index is 13.5. The van der Waals surface area contributed by atoms with Crippen molar-refractivity contribution in [3.8, 4) is 0 Å². The minimum Gasteiger partial charge on any atom is -0.383 e. The van der Waals surface area contributed by atoms with E-state index in [0.29, 0.717) is 19.7 Å². The number of benzene rings is 1. The summed E-state index contributed by atoms with van der Waals surface area (Å²) in [5.74, 6) is -1.14. The van der Waals surface area contributed by atoms with Gasteiger partial charge in [0.15, 0.2) is 0 Å². The van der Waals surface area contributed by atoms with E-state index in [9.17, 15) is 14.0 Å². The Labute approximate surface area is 170 Å². The van der Waals surface area contributed by atoms with Crippen LogP contribution in [0.2, 0.25) is 0 Å². The van der Waals surface area contributed by atoms with Crippen LogP contribution in [0.5, 0.6) is 0 Å². The lowest BCUT2D eigenvalue weighted by atomic mass is 10.2. The molecule has 0 atom stereocenters. The minimum absolute atomic E-state index is 0.132. The Kier molecular flexibility index (Phi) is 8.82. The number of rotatable bonds is 11. The zero-order valence-electron chi connectivity index (χ0n) is 17.1. The smallest absolute Gasteiger partial charge is 0.254 e. The van der Waals surface area contributed by atoms with Crippen molar-refractivity contribution in [2.24, 2.45) is 7.05 Å². The summed E-state index contributed by atoms with van der Waals surface area (Å²) < 4.78 is 25.7. The molecule has 1 heterocycles. The number of hydrogen-bond donors (Lipinski definition) is 0. The predicted molar refractivity (Wildman–Crippen MR) is 107 cm³/mol. The minimum atomic E-state index is -0.501. The van der Waals surface area contributed by atoms with Crippen LogP contribution >= 0.6 is 0 Å². The van der Waals surface area contributed by atoms with Crippen molar-refractivity contribution >= 4 is 11.8 Å². The fourth-order valence-corrected chi connectivity index (χ4v) is 2.87. The molecular formula is C21H28FN3O4. The van der Waals surface area contributed by atoms with Crippen LogP contribution in [0.3, 0.4) is 0 Å². The number of ether oxygens (including phenoxy) is 2. The molecule has 1 aromatic heterocycles. The van der Waals surface area contributed by atoms with E-state index >= 15 is 0 Å². The van der Waals surface area contributed by atoms with E-state index in [1.807, 2.05) is 29.9 Å². The molecule has 0 aliphatic carbocycles. The number of carbonyl (C=O) groups excluding carboxylic acids is 2. The topological polar surface area (TPSA) is 64.0 Å². The molecule has 0 spiro atoms. The van der Waals surface area contributed by atoms with E-state index in [-0.39, 0.29) is 31.2 Å². The Balaban J connectivity index is 2.16. The fraction of sp³-hybridized carbons (Fsp3) is 0.429. The molecule has 29 heavy (non-hydrogen) atoms. The lowest BCUT2D eigenvalue weighted by molar-refractivity contribution is -0.133. The first kappa shape index (κ1) is 22.6. The van der Waals surface area contributed by atoms with Gasteiger partial charge in [-0.3, -0.25) is 9.59 Å². The molecule has 0 aliphatic heterocycles. The molecule has 7 nitrogen and oxygen atoms in total. The standard InChI is InChI=1S/C21H28FN3O4/c1-23-9-5-8-19(23)15-24(10-12-28-2)20(26)16-25(11-13-29-3)21(27)17-6-4-7-18(22)14-17/h4-9,14H,10-13,15-16H2,1-3H3. The lowest BCUT2D eigenvalue weighted by Crippen LogP contribution is -2.45. The molecule has 158 valence electrons. The van der Waals surface area contributed by atoms with Gasteiger partial charge in [-0.2, -0.15) is 0 Å². The Bertz CT molecular complexity index is 809. The van der Waals surface area contributed by atoms with Gasteiger partial charge in [-0.1, -0.05) is 6.07 Å². The molecule has 2 rings (SSSR count). The van der Waals surface area contributed by atoms with Gasteiger partial charge in [0.1, 0.15) is 12.4 Å². The Hall–Kier alpha value is -2.71. The number of aromatic nitrogens is 1. The molecule has 0 N–H and O–H groups in total. The van der Waals surface area contributed by atoms with Crippen LogP contribution in [-0.2, 0) is 27.9 Å². The average molecular weight is 405 g/mol. The van der Waals surface area contributed by atoms with Crippen LogP contribution in [-0.4, -0.2) is 73.2 Å². The molecule has 0 bridgehead atoms. The molecule has 0 radical (unpaired) electrons. The SMILES string of the molecule is COCCN(Cc1cccn1C)C(=O)CN(CCOC)C(=O)c1cccc(F)c1.